The molecule has 0 aromatic rings. The molecule has 0 aromatic carbocycles. The number of aliphatic hydroxyl groups excluding tert-OH is 1. The summed E-state index contributed by atoms with van der Waals surface area (Å²) in [7, 11) is 0. The first-order valence-electron chi connectivity index (χ1n) is 11.2. The minimum atomic E-state index is -0.658. The van der Waals surface area contributed by atoms with Crippen LogP contribution in [-0.2, 0) is 4.79 Å². The van der Waals surface area contributed by atoms with Gasteiger partial charge in [0.1, 0.15) is 6.23 Å². The number of amides is 1. The van der Waals surface area contributed by atoms with E-state index < -0.39 is 6.23 Å². The van der Waals surface area contributed by atoms with Crippen molar-refractivity contribution in [3.8, 4) is 0 Å². The van der Waals surface area contributed by atoms with Crippen LogP contribution in [0.1, 0.15) is 129 Å². The smallest absolute Gasteiger partial charge is 0.221 e. The molecule has 0 spiro atoms. The number of carbonyl (C=O) groups is 1. The molecule has 3 heteroatoms. The summed E-state index contributed by atoms with van der Waals surface area (Å²) in [4.78, 5) is 11.6. The fraction of sp³-hybridized carbons (Fsp3) is 0.955. The molecule has 2 N–H and O–H groups in total. The monoisotopic (exact) mass is 355 g/mol. The molecule has 0 aromatic heterocycles. The Kier molecular flexibility index (Phi) is 19.3. The maximum atomic E-state index is 11.6. The second-order valence-corrected chi connectivity index (χ2v) is 7.57. The van der Waals surface area contributed by atoms with Gasteiger partial charge in [-0.2, -0.15) is 0 Å². The molecule has 0 fully saturated rings. The first kappa shape index (κ1) is 24.4. The lowest BCUT2D eigenvalue weighted by atomic mass is 10.0. The lowest BCUT2D eigenvalue weighted by Crippen LogP contribution is -2.34. The van der Waals surface area contributed by atoms with E-state index in [-0.39, 0.29) is 5.91 Å². The summed E-state index contributed by atoms with van der Waals surface area (Å²) in [6.07, 6.45) is 21.5. The van der Waals surface area contributed by atoms with E-state index in [2.05, 4.69) is 12.2 Å². The number of carbonyl (C=O) groups excluding carboxylic acids is 1. The van der Waals surface area contributed by atoms with Gasteiger partial charge in [0.2, 0.25) is 5.91 Å². The zero-order valence-electron chi connectivity index (χ0n) is 17.2. The van der Waals surface area contributed by atoms with E-state index in [0.29, 0.717) is 12.8 Å². The summed E-state index contributed by atoms with van der Waals surface area (Å²) < 4.78 is 0. The summed E-state index contributed by atoms with van der Waals surface area (Å²) in [6.45, 7) is 4.28. The maximum Gasteiger partial charge on any atom is 0.221 e. The first-order valence-corrected chi connectivity index (χ1v) is 11.2. The molecular weight excluding hydrogens is 310 g/mol. The van der Waals surface area contributed by atoms with Crippen molar-refractivity contribution in [2.24, 2.45) is 0 Å². The fourth-order valence-corrected chi connectivity index (χ4v) is 3.26. The van der Waals surface area contributed by atoms with Crippen molar-refractivity contribution in [2.75, 3.05) is 0 Å². The van der Waals surface area contributed by atoms with Gasteiger partial charge < -0.3 is 10.4 Å². The molecule has 150 valence electrons. The van der Waals surface area contributed by atoms with Gasteiger partial charge in [0.25, 0.3) is 0 Å². The topological polar surface area (TPSA) is 49.3 Å². The predicted octanol–water partition coefficient (Wildman–Crippen LogP) is 6.48. The van der Waals surface area contributed by atoms with Crippen LogP contribution in [0.5, 0.6) is 0 Å². The summed E-state index contributed by atoms with van der Waals surface area (Å²) in [5.74, 6) is -0.00403. The lowest BCUT2D eigenvalue weighted by Gasteiger charge is -2.11. The van der Waals surface area contributed by atoms with E-state index in [9.17, 15) is 9.90 Å². The second-order valence-electron chi connectivity index (χ2n) is 7.57. The molecule has 0 radical (unpaired) electrons. The zero-order chi connectivity index (χ0) is 18.6. The van der Waals surface area contributed by atoms with Gasteiger partial charge in [-0.05, 0) is 12.8 Å². The SMILES string of the molecule is CCCCCCCCCCCCCCCCCC(=O)NC(O)CCC. The quantitative estimate of drug-likeness (QED) is 0.206. The molecule has 1 amide bonds. The van der Waals surface area contributed by atoms with E-state index in [1.54, 1.807) is 0 Å². The van der Waals surface area contributed by atoms with Crippen molar-refractivity contribution >= 4 is 5.91 Å². The number of rotatable bonds is 19. The molecule has 0 aliphatic carbocycles. The van der Waals surface area contributed by atoms with Crippen LogP contribution in [0.25, 0.3) is 0 Å². The van der Waals surface area contributed by atoms with E-state index in [0.717, 1.165) is 19.3 Å². The second kappa shape index (κ2) is 19.8. The van der Waals surface area contributed by atoms with Crippen molar-refractivity contribution in [1.29, 1.82) is 0 Å². The summed E-state index contributed by atoms with van der Waals surface area (Å²) in [5, 5.41) is 12.2. The molecule has 1 unspecified atom stereocenters. The van der Waals surface area contributed by atoms with Crippen LogP contribution in [0.2, 0.25) is 0 Å². The minimum absolute atomic E-state index is 0.00403. The zero-order valence-corrected chi connectivity index (χ0v) is 17.2. The Labute approximate surface area is 157 Å². The maximum absolute atomic E-state index is 11.6. The van der Waals surface area contributed by atoms with Crippen molar-refractivity contribution in [3.05, 3.63) is 0 Å². The number of hydrogen-bond donors (Lipinski definition) is 2. The molecular formula is C22H45NO2. The molecule has 25 heavy (non-hydrogen) atoms. The van der Waals surface area contributed by atoms with Gasteiger partial charge in [-0.1, -0.05) is 110 Å². The summed E-state index contributed by atoms with van der Waals surface area (Å²) >= 11 is 0. The molecule has 0 rings (SSSR count). The third-order valence-electron chi connectivity index (χ3n) is 4.90. The van der Waals surface area contributed by atoms with Gasteiger partial charge in [0.15, 0.2) is 0 Å². The van der Waals surface area contributed by atoms with Gasteiger partial charge in [0, 0.05) is 6.42 Å². The van der Waals surface area contributed by atoms with Crippen LogP contribution >= 0.6 is 0 Å². The Morgan fingerprint density at radius 2 is 1.08 bits per heavy atom. The molecule has 3 nitrogen and oxygen atoms in total. The third kappa shape index (κ3) is 19.6. The van der Waals surface area contributed by atoms with E-state index >= 15 is 0 Å². The normalized spacial score (nSPS) is 12.3. The average Bonchev–Trinajstić information content (AvgIpc) is 2.58. The molecule has 0 aliphatic heterocycles. The van der Waals surface area contributed by atoms with E-state index in [1.807, 2.05) is 6.92 Å². The highest BCUT2D eigenvalue weighted by Gasteiger charge is 2.06. The molecule has 1 atom stereocenters. The van der Waals surface area contributed by atoms with Crippen LogP contribution in [0.3, 0.4) is 0 Å². The van der Waals surface area contributed by atoms with Crippen molar-refractivity contribution in [1.82, 2.24) is 5.32 Å². The highest BCUT2D eigenvalue weighted by Crippen LogP contribution is 2.13. The predicted molar refractivity (Wildman–Crippen MR) is 109 cm³/mol. The Morgan fingerprint density at radius 1 is 0.680 bits per heavy atom. The Morgan fingerprint density at radius 3 is 1.48 bits per heavy atom. The average molecular weight is 356 g/mol. The Balaban J connectivity index is 3.15. The minimum Gasteiger partial charge on any atom is -0.374 e. The Hall–Kier alpha value is -0.570. The van der Waals surface area contributed by atoms with Crippen molar-refractivity contribution < 1.29 is 9.90 Å². The van der Waals surface area contributed by atoms with Crippen molar-refractivity contribution in [3.63, 3.8) is 0 Å². The van der Waals surface area contributed by atoms with Gasteiger partial charge in [0.05, 0.1) is 0 Å². The van der Waals surface area contributed by atoms with E-state index in [4.69, 9.17) is 0 Å². The van der Waals surface area contributed by atoms with Crippen LogP contribution in [-0.4, -0.2) is 17.2 Å². The molecule has 0 saturated heterocycles. The van der Waals surface area contributed by atoms with Crippen LogP contribution in [0, 0.1) is 0 Å². The van der Waals surface area contributed by atoms with Crippen LogP contribution in [0.4, 0.5) is 0 Å². The standard InChI is InChI=1S/C22H45NO2/c1-3-5-6-7-8-9-10-11-12-13-14-15-16-17-18-20-22(25)23-21(24)19-4-2/h21,24H,3-20H2,1-2H3,(H,23,25). The third-order valence-corrected chi connectivity index (χ3v) is 4.90. The van der Waals surface area contributed by atoms with Gasteiger partial charge in [-0.3, -0.25) is 4.79 Å². The first-order chi connectivity index (χ1) is 12.2. The number of unbranched alkanes of at least 4 members (excludes halogenated alkanes) is 14. The molecule has 0 heterocycles. The summed E-state index contributed by atoms with van der Waals surface area (Å²) in [5.41, 5.74) is 0. The van der Waals surface area contributed by atoms with Crippen LogP contribution in [0.15, 0.2) is 0 Å². The van der Waals surface area contributed by atoms with Crippen LogP contribution < -0.4 is 5.32 Å². The number of nitrogens with one attached hydrogen (secondary N) is 1. The fourth-order valence-electron chi connectivity index (χ4n) is 3.26. The summed E-state index contributed by atoms with van der Waals surface area (Å²) in [6, 6.07) is 0. The number of hydrogen-bond acceptors (Lipinski definition) is 2. The largest absolute Gasteiger partial charge is 0.374 e. The van der Waals surface area contributed by atoms with Gasteiger partial charge in [-0.15, -0.1) is 0 Å². The van der Waals surface area contributed by atoms with Gasteiger partial charge in [-0.25, -0.2) is 0 Å². The van der Waals surface area contributed by atoms with Gasteiger partial charge >= 0.3 is 0 Å². The highest BCUT2D eigenvalue weighted by molar-refractivity contribution is 5.75. The Bertz CT molecular complexity index is 281. The number of aliphatic hydroxyl groups is 1. The molecule has 0 bridgehead atoms. The lowest BCUT2D eigenvalue weighted by molar-refractivity contribution is -0.124. The molecule has 0 saturated carbocycles. The van der Waals surface area contributed by atoms with E-state index in [1.165, 1.54) is 83.5 Å². The molecule has 0 aliphatic rings. The highest BCUT2D eigenvalue weighted by atomic mass is 16.3. The van der Waals surface area contributed by atoms with Crippen molar-refractivity contribution in [2.45, 2.75) is 136 Å².